The molecule has 1 saturated heterocycles. The zero-order valence-electron chi connectivity index (χ0n) is 10.6. The van der Waals surface area contributed by atoms with E-state index in [9.17, 15) is 5.11 Å². The van der Waals surface area contributed by atoms with E-state index in [2.05, 4.69) is 11.8 Å². The molecular weight excluding hydrogens is 269 g/mol. The first-order chi connectivity index (χ1) is 8.55. The molecule has 1 fully saturated rings. The predicted octanol–water partition coefficient (Wildman–Crippen LogP) is 3.69. The molecule has 0 unspecified atom stereocenters. The molecule has 2 rings (SSSR count). The van der Waals surface area contributed by atoms with Gasteiger partial charge in [-0.3, -0.25) is 0 Å². The Hall–Kier alpha value is -0.280. The van der Waals surface area contributed by atoms with Gasteiger partial charge in [0.2, 0.25) is 0 Å². The van der Waals surface area contributed by atoms with Crippen molar-refractivity contribution in [3.8, 4) is 0 Å². The zero-order chi connectivity index (χ0) is 13.2. The molecule has 0 aromatic heterocycles. The van der Waals surface area contributed by atoms with Crippen LogP contribution in [0.1, 0.15) is 31.7 Å². The molecule has 2 nitrogen and oxygen atoms in total. The summed E-state index contributed by atoms with van der Waals surface area (Å²) in [6.45, 7) is 5.09. The summed E-state index contributed by atoms with van der Waals surface area (Å²) in [7, 11) is 0. The summed E-state index contributed by atoms with van der Waals surface area (Å²) in [5, 5.41) is 12.0. The molecule has 0 bridgehead atoms. The van der Waals surface area contributed by atoms with E-state index < -0.39 is 5.60 Å². The van der Waals surface area contributed by atoms with Crippen molar-refractivity contribution in [3.05, 3.63) is 33.8 Å². The number of likely N-dealkylation sites (tertiary alicyclic amines) is 1. The summed E-state index contributed by atoms with van der Waals surface area (Å²) in [5.41, 5.74) is -0.0560. The molecule has 0 amide bonds. The number of halogens is 2. The molecule has 18 heavy (non-hydrogen) atoms. The van der Waals surface area contributed by atoms with E-state index in [4.69, 9.17) is 23.2 Å². The standard InChI is InChI=1S/C14H19Cl2NO/c1-2-7-17-8-5-14(18,6-9-17)12-10-11(15)3-4-13(12)16/h3-4,10,18H,2,5-9H2,1H3. The number of hydrogen-bond donors (Lipinski definition) is 1. The van der Waals surface area contributed by atoms with Crippen LogP contribution in [0, 0.1) is 0 Å². The second kappa shape index (κ2) is 5.79. The first-order valence-electron chi connectivity index (χ1n) is 6.45. The third-order valence-corrected chi connectivity index (χ3v) is 4.22. The summed E-state index contributed by atoms with van der Waals surface area (Å²) in [4.78, 5) is 2.38. The van der Waals surface area contributed by atoms with Crippen LogP contribution in [-0.4, -0.2) is 29.6 Å². The van der Waals surface area contributed by atoms with Crippen LogP contribution in [0.25, 0.3) is 0 Å². The van der Waals surface area contributed by atoms with Crippen LogP contribution in [0.5, 0.6) is 0 Å². The fourth-order valence-electron chi connectivity index (χ4n) is 2.59. The average Bonchev–Trinajstić information content (AvgIpc) is 2.36. The maximum Gasteiger partial charge on any atom is 0.0935 e. The maximum absolute atomic E-state index is 10.8. The van der Waals surface area contributed by atoms with Gasteiger partial charge in [-0.05, 0) is 44.0 Å². The van der Waals surface area contributed by atoms with Crippen molar-refractivity contribution in [2.45, 2.75) is 31.8 Å². The lowest BCUT2D eigenvalue weighted by molar-refractivity contribution is -0.0256. The topological polar surface area (TPSA) is 23.5 Å². The van der Waals surface area contributed by atoms with Crippen LogP contribution < -0.4 is 0 Å². The largest absolute Gasteiger partial charge is 0.385 e. The Balaban J connectivity index is 2.15. The molecule has 1 heterocycles. The Bertz CT molecular complexity index is 414. The van der Waals surface area contributed by atoms with Crippen LogP contribution in [0.15, 0.2) is 18.2 Å². The molecule has 1 aliphatic heterocycles. The SMILES string of the molecule is CCCN1CCC(O)(c2cc(Cl)ccc2Cl)CC1. The molecule has 1 aromatic carbocycles. The van der Waals surface area contributed by atoms with Crippen molar-refractivity contribution in [1.82, 2.24) is 4.90 Å². The van der Waals surface area contributed by atoms with Crippen molar-refractivity contribution >= 4 is 23.2 Å². The summed E-state index contributed by atoms with van der Waals surface area (Å²) in [6, 6.07) is 5.30. The molecule has 0 spiro atoms. The predicted molar refractivity (Wildman–Crippen MR) is 76.3 cm³/mol. The second-order valence-electron chi connectivity index (χ2n) is 5.00. The van der Waals surface area contributed by atoms with Gasteiger partial charge >= 0.3 is 0 Å². The molecule has 0 atom stereocenters. The minimum atomic E-state index is -0.827. The summed E-state index contributed by atoms with van der Waals surface area (Å²) < 4.78 is 0. The third kappa shape index (κ3) is 3.00. The summed E-state index contributed by atoms with van der Waals surface area (Å²) in [6.07, 6.45) is 2.58. The Kier molecular flexibility index (Phi) is 4.54. The number of aliphatic hydroxyl groups is 1. The highest BCUT2D eigenvalue weighted by Crippen LogP contribution is 2.38. The summed E-state index contributed by atoms with van der Waals surface area (Å²) in [5.74, 6) is 0. The van der Waals surface area contributed by atoms with Gasteiger partial charge in [0, 0.05) is 28.7 Å². The monoisotopic (exact) mass is 287 g/mol. The van der Waals surface area contributed by atoms with Gasteiger partial charge in [0.05, 0.1) is 5.60 Å². The fourth-order valence-corrected chi connectivity index (χ4v) is 3.05. The van der Waals surface area contributed by atoms with Crippen LogP contribution in [0.3, 0.4) is 0 Å². The second-order valence-corrected chi connectivity index (χ2v) is 5.84. The quantitative estimate of drug-likeness (QED) is 0.917. The van der Waals surface area contributed by atoms with Gasteiger partial charge in [-0.2, -0.15) is 0 Å². The normalized spacial score (nSPS) is 20.0. The first kappa shape index (κ1) is 14.1. The highest BCUT2D eigenvalue weighted by Gasteiger charge is 2.35. The molecule has 100 valence electrons. The van der Waals surface area contributed by atoms with Gasteiger partial charge in [0.15, 0.2) is 0 Å². The van der Waals surface area contributed by atoms with Crippen LogP contribution in [0.4, 0.5) is 0 Å². The molecule has 0 saturated carbocycles. The molecule has 1 N–H and O–H groups in total. The van der Waals surface area contributed by atoms with Crippen molar-refractivity contribution in [1.29, 1.82) is 0 Å². The lowest BCUT2D eigenvalue weighted by atomic mass is 9.84. The third-order valence-electron chi connectivity index (χ3n) is 3.65. The van der Waals surface area contributed by atoms with Crippen molar-refractivity contribution in [2.75, 3.05) is 19.6 Å². The van der Waals surface area contributed by atoms with Crippen molar-refractivity contribution < 1.29 is 5.11 Å². The van der Waals surface area contributed by atoms with Crippen LogP contribution in [0.2, 0.25) is 10.0 Å². The number of hydrogen-bond acceptors (Lipinski definition) is 2. The Morgan fingerprint density at radius 1 is 1.28 bits per heavy atom. The van der Waals surface area contributed by atoms with E-state index in [-0.39, 0.29) is 0 Å². The Morgan fingerprint density at radius 2 is 1.94 bits per heavy atom. The van der Waals surface area contributed by atoms with Crippen LogP contribution >= 0.6 is 23.2 Å². The van der Waals surface area contributed by atoms with Crippen molar-refractivity contribution in [2.24, 2.45) is 0 Å². The molecular formula is C14H19Cl2NO. The fraction of sp³-hybridized carbons (Fsp3) is 0.571. The molecule has 4 heteroatoms. The van der Waals surface area contributed by atoms with E-state index in [0.29, 0.717) is 22.9 Å². The van der Waals surface area contributed by atoms with Gasteiger partial charge in [-0.15, -0.1) is 0 Å². The number of rotatable bonds is 3. The highest BCUT2D eigenvalue weighted by atomic mass is 35.5. The Labute approximate surface area is 119 Å². The average molecular weight is 288 g/mol. The van der Waals surface area contributed by atoms with E-state index in [0.717, 1.165) is 31.6 Å². The van der Waals surface area contributed by atoms with Crippen molar-refractivity contribution in [3.63, 3.8) is 0 Å². The van der Waals surface area contributed by atoms with Crippen LogP contribution in [-0.2, 0) is 5.60 Å². The van der Waals surface area contributed by atoms with E-state index in [1.165, 1.54) is 0 Å². The first-order valence-corrected chi connectivity index (χ1v) is 7.21. The lowest BCUT2D eigenvalue weighted by Crippen LogP contribution is -2.42. The van der Waals surface area contributed by atoms with E-state index >= 15 is 0 Å². The minimum absolute atomic E-state index is 0.603. The molecule has 1 aliphatic rings. The van der Waals surface area contributed by atoms with Gasteiger partial charge in [-0.25, -0.2) is 0 Å². The van der Waals surface area contributed by atoms with Gasteiger partial charge in [0.1, 0.15) is 0 Å². The number of piperidine rings is 1. The molecule has 0 aliphatic carbocycles. The van der Waals surface area contributed by atoms with Gasteiger partial charge in [-0.1, -0.05) is 30.1 Å². The highest BCUT2D eigenvalue weighted by molar-refractivity contribution is 6.33. The number of benzene rings is 1. The maximum atomic E-state index is 10.8. The Morgan fingerprint density at radius 3 is 2.56 bits per heavy atom. The van der Waals surface area contributed by atoms with E-state index in [1.807, 2.05) is 0 Å². The molecule has 1 aromatic rings. The minimum Gasteiger partial charge on any atom is -0.385 e. The molecule has 0 radical (unpaired) electrons. The summed E-state index contributed by atoms with van der Waals surface area (Å²) >= 11 is 12.2. The number of nitrogens with zero attached hydrogens (tertiary/aromatic N) is 1. The smallest absolute Gasteiger partial charge is 0.0935 e. The van der Waals surface area contributed by atoms with E-state index in [1.54, 1.807) is 18.2 Å². The zero-order valence-corrected chi connectivity index (χ0v) is 12.1. The lowest BCUT2D eigenvalue weighted by Gasteiger charge is -2.38. The van der Waals surface area contributed by atoms with Gasteiger partial charge in [0.25, 0.3) is 0 Å². The van der Waals surface area contributed by atoms with Gasteiger partial charge < -0.3 is 10.0 Å².